The van der Waals surface area contributed by atoms with Crippen molar-refractivity contribution in [1.82, 2.24) is 14.9 Å². The molecule has 1 aromatic carbocycles. The van der Waals surface area contributed by atoms with Crippen molar-refractivity contribution in [3.8, 4) is 5.75 Å². The van der Waals surface area contributed by atoms with Gasteiger partial charge in [-0.15, -0.1) is 0 Å². The SMILES string of the molecule is CN=C(C1=C(N)[C@H](C)N(C(=O)c2cccc(OC)c2Cl)CC1)c1cncc(C(F)(F)F)n1. The van der Waals surface area contributed by atoms with Crippen molar-refractivity contribution in [2.24, 2.45) is 10.7 Å². The Balaban J connectivity index is 1.94. The van der Waals surface area contributed by atoms with Crippen LogP contribution in [0.4, 0.5) is 13.2 Å². The zero-order valence-corrected chi connectivity index (χ0v) is 18.3. The predicted octanol–water partition coefficient (Wildman–Crippen LogP) is 3.72. The van der Waals surface area contributed by atoms with Crippen LogP contribution in [-0.2, 0) is 6.18 Å². The molecular formula is C21H21ClF3N5O2. The number of aliphatic imine (C=N–C) groups is 1. The van der Waals surface area contributed by atoms with Crippen LogP contribution in [0.3, 0.4) is 0 Å². The third-order valence-electron chi connectivity index (χ3n) is 5.22. The summed E-state index contributed by atoms with van der Waals surface area (Å²) in [7, 11) is 2.89. The number of carbonyl (C=O) groups is 1. The van der Waals surface area contributed by atoms with Crippen molar-refractivity contribution in [2.75, 3.05) is 20.7 Å². The first-order valence-corrected chi connectivity index (χ1v) is 9.96. The van der Waals surface area contributed by atoms with E-state index < -0.39 is 17.9 Å². The summed E-state index contributed by atoms with van der Waals surface area (Å²) >= 11 is 6.30. The molecule has 11 heteroatoms. The molecule has 0 unspecified atom stereocenters. The molecule has 1 amide bonds. The minimum Gasteiger partial charge on any atom is -0.495 e. The minimum absolute atomic E-state index is 0.0388. The van der Waals surface area contributed by atoms with Crippen LogP contribution in [-0.4, -0.2) is 53.2 Å². The molecule has 1 aliphatic heterocycles. The lowest BCUT2D eigenvalue weighted by molar-refractivity contribution is -0.141. The third kappa shape index (κ3) is 4.40. The van der Waals surface area contributed by atoms with Gasteiger partial charge in [-0.1, -0.05) is 17.7 Å². The van der Waals surface area contributed by atoms with Crippen LogP contribution >= 0.6 is 11.6 Å². The first-order chi connectivity index (χ1) is 15.1. The molecule has 2 N–H and O–H groups in total. The van der Waals surface area contributed by atoms with E-state index in [4.69, 9.17) is 22.1 Å². The molecule has 1 atom stereocenters. The molecule has 2 aromatic rings. The van der Waals surface area contributed by atoms with E-state index in [1.54, 1.807) is 30.0 Å². The van der Waals surface area contributed by atoms with Crippen molar-refractivity contribution in [2.45, 2.75) is 25.6 Å². The Morgan fingerprint density at radius 2 is 2.06 bits per heavy atom. The molecule has 7 nitrogen and oxygen atoms in total. The highest BCUT2D eigenvalue weighted by atomic mass is 35.5. The highest BCUT2D eigenvalue weighted by Crippen LogP contribution is 2.32. The lowest BCUT2D eigenvalue weighted by Crippen LogP contribution is -2.46. The first kappa shape index (κ1) is 23.5. The van der Waals surface area contributed by atoms with E-state index in [0.717, 1.165) is 0 Å². The lowest BCUT2D eigenvalue weighted by Gasteiger charge is -2.36. The molecule has 1 aliphatic rings. The number of halogens is 4. The molecule has 0 spiro atoms. The monoisotopic (exact) mass is 467 g/mol. The van der Waals surface area contributed by atoms with Gasteiger partial charge in [-0.25, -0.2) is 4.98 Å². The summed E-state index contributed by atoms with van der Waals surface area (Å²) in [4.78, 5) is 26.1. The first-order valence-electron chi connectivity index (χ1n) is 9.58. The van der Waals surface area contributed by atoms with Crippen molar-refractivity contribution in [1.29, 1.82) is 0 Å². The average molecular weight is 468 g/mol. The fourth-order valence-electron chi connectivity index (χ4n) is 3.53. The van der Waals surface area contributed by atoms with Gasteiger partial charge in [0.2, 0.25) is 0 Å². The maximum atomic E-state index is 13.1. The molecule has 32 heavy (non-hydrogen) atoms. The molecule has 0 saturated carbocycles. The molecule has 0 radical (unpaired) electrons. The molecule has 0 aliphatic carbocycles. The van der Waals surface area contributed by atoms with Crippen molar-refractivity contribution in [3.05, 3.63) is 63.8 Å². The van der Waals surface area contributed by atoms with Gasteiger partial charge in [-0.2, -0.15) is 13.2 Å². The summed E-state index contributed by atoms with van der Waals surface area (Å²) < 4.78 is 44.4. The van der Waals surface area contributed by atoms with Gasteiger partial charge >= 0.3 is 6.18 Å². The van der Waals surface area contributed by atoms with Crippen LogP contribution in [0.1, 0.15) is 35.1 Å². The van der Waals surface area contributed by atoms with E-state index in [1.165, 1.54) is 20.4 Å². The molecule has 0 saturated heterocycles. The summed E-state index contributed by atoms with van der Waals surface area (Å²) in [6, 6.07) is 4.34. The van der Waals surface area contributed by atoms with E-state index >= 15 is 0 Å². The van der Waals surface area contributed by atoms with E-state index in [-0.39, 0.29) is 40.9 Å². The number of nitrogens with two attached hydrogens (primary N) is 1. The van der Waals surface area contributed by atoms with Crippen LogP contribution < -0.4 is 10.5 Å². The Morgan fingerprint density at radius 3 is 2.69 bits per heavy atom. The zero-order valence-electron chi connectivity index (χ0n) is 17.6. The maximum Gasteiger partial charge on any atom is 0.434 e. The summed E-state index contributed by atoms with van der Waals surface area (Å²) in [5.74, 6) is 0.0344. The Kier molecular flexibility index (Phi) is 6.73. The summed E-state index contributed by atoms with van der Waals surface area (Å²) in [6.45, 7) is 1.99. The largest absolute Gasteiger partial charge is 0.495 e. The van der Waals surface area contributed by atoms with Crippen LogP contribution in [0.15, 0.2) is 46.9 Å². The Morgan fingerprint density at radius 1 is 1.34 bits per heavy atom. The Bertz CT molecular complexity index is 1100. The fraction of sp³-hybridized carbons (Fsp3) is 0.333. The standard InChI is InChI=1S/C21H21ClF3N5O2/c1-11-18(26)13(19(27-2)14-9-28-10-16(29-14)21(23,24)25)7-8-30(11)20(31)12-5-4-6-15(32-3)17(12)22/h4-6,9-11H,7-8,26H2,1-3H3/t11-/m0/s1. The number of amides is 1. The highest BCUT2D eigenvalue weighted by Gasteiger charge is 2.35. The van der Waals surface area contributed by atoms with Gasteiger partial charge in [0.15, 0.2) is 5.69 Å². The maximum absolute atomic E-state index is 13.1. The van der Waals surface area contributed by atoms with Gasteiger partial charge in [0.25, 0.3) is 5.91 Å². The molecular weight excluding hydrogens is 447 g/mol. The van der Waals surface area contributed by atoms with Crippen molar-refractivity contribution >= 4 is 23.2 Å². The lowest BCUT2D eigenvalue weighted by atomic mass is 9.93. The minimum atomic E-state index is -4.64. The number of methoxy groups -OCH3 is 1. The van der Waals surface area contributed by atoms with Crippen molar-refractivity contribution < 1.29 is 22.7 Å². The number of aromatic nitrogens is 2. The van der Waals surface area contributed by atoms with E-state index in [1.807, 2.05) is 0 Å². The van der Waals surface area contributed by atoms with Crippen LogP contribution in [0.5, 0.6) is 5.75 Å². The Labute approximate surface area is 187 Å². The van der Waals surface area contributed by atoms with Gasteiger partial charge in [-0.05, 0) is 25.5 Å². The van der Waals surface area contributed by atoms with Gasteiger partial charge in [0.05, 0.1) is 41.8 Å². The quantitative estimate of drug-likeness (QED) is 0.691. The van der Waals surface area contributed by atoms with E-state index in [0.29, 0.717) is 23.2 Å². The number of ether oxygens (including phenoxy) is 1. The fourth-order valence-corrected chi connectivity index (χ4v) is 3.82. The predicted molar refractivity (Wildman–Crippen MR) is 114 cm³/mol. The molecule has 2 heterocycles. The van der Waals surface area contributed by atoms with Crippen LogP contribution in [0, 0.1) is 0 Å². The Hall–Kier alpha value is -3.14. The zero-order chi connectivity index (χ0) is 23.6. The van der Waals surface area contributed by atoms with Gasteiger partial charge in [0.1, 0.15) is 11.4 Å². The van der Waals surface area contributed by atoms with E-state index in [2.05, 4.69) is 15.0 Å². The number of alkyl halides is 3. The average Bonchev–Trinajstić information content (AvgIpc) is 2.76. The number of benzene rings is 1. The number of rotatable bonds is 4. The van der Waals surface area contributed by atoms with Crippen molar-refractivity contribution in [3.63, 3.8) is 0 Å². The molecule has 0 fully saturated rings. The number of carbonyl (C=O) groups excluding carboxylic acids is 1. The number of nitrogens with zero attached hydrogens (tertiary/aromatic N) is 4. The molecule has 0 bridgehead atoms. The second-order valence-corrected chi connectivity index (χ2v) is 7.42. The van der Waals surface area contributed by atoms with Crippen LogP contribution in [0.2, 0.25) is 5.02 Å². The third-order valence-corrected chi connectivity index (χ3v) is 5.61. The highest BCUT2D eigenvalue weighted by molar-refractivity contribution is 6.35. The normalized spacial score (nSPS) is 17.5. The molecule has 1 aromatic heterocycles. The second-order valence-electron chi connectivity index (χ2n) is 7.04. The van der Waals surface area contributed by atoms with Gasteiger partial charge in [0, 0.05) is 24.9 Å². The van der Waals surface area contributed by atoms with Crippen LogP contribution in [0.25, 0.3) is 0 Å². The summed E-state index contributed by atoms with van der Waals surface area (Å²) in [5.41, 5.74) is 6.48. The second kappa shape index (κ2) is 9.15. The number of hydrogen-bond donors (Lipinski definition) is 1. The topological polar surface area (TPSA) is 93.7 Å². The molecule has 170 valence electrons. The van der Waals surface area contributed by atoms with Gasteiger partial charge < -0.3 is 15.4 Å². The number of hydrogen-bond acceptors (Lipinski definition) is 6. The summed E-state index contributed by atoms with van der Waals surface area (Å²) in [5, 5.41) is 0.190. The molecule has 3 rings (SSSR count). The smallest absolute Gasteiger partial charge is 0.434 e. The van der Waals surface area contributed by atoms with Gasteiger partial charge in [-0.3, -0.25) is 14.8 Å². The van der Waals surface area contributed by atoms with E-state index in [9.17, 15) is 18.0 Å². The summed E-state index contributed by atoms with van der Waals surface area (Å²) in [6.07, 6.45) is -2.51.